The van der Waals surface area contributed by atoms with Crippen LogP contribution in [-0.2, 0) is 6.42 Å². The molecule has 12 heavy (non-hydrogen) atoms. The van der Waals surface area contributed by atoms with Crippen LogP contribution in [0, 0.1) is 5.82 Å². The molecule has 2 N–H and O–H groups in total. The van der Waals surface area contributed by atoms with Crippen molar-refractivity contribution in [1.29, 1.82) is 0 Å². The summed E-state index contributed by atoms with van der Waals surface area (Å²) in [5.74, 6) is -0.380. The molecule has 66 valence electrons. The van der Waals surface area contributed by atoms with Crippen LogP contribution in [0.4, 0.5) is 4.39 Å². The number of nitrogens with two attached hydrogens (primary N) is 1. The Bertz CT molecular complexity index is 273. The third kappa shape index (κ3) is 2.47. The minimum atomic E-state index is -0.380. The smallest absolute Gasteiger partial charge is 0.142 e. The number of benzene rings is 1. The van der Waals surface area contributed by atoms with E-state index in [9.17, 15) is 4.39 Å². The first-order valence-electron chi connectivity index (χ1n) is 3.79. The zero-order valence-electron chi connectivity index (χ0n) is 6.85. The van der Waals surface area contributed by atoms with Crippen LogP contribution in [0.25, 0.3) is 0 Å². The lowest BCUT2D eigenvalue weighted by atomic mass is 10.1. The van der Waals surface area contributed by atoms with Gasteiger partial charge in [-0.25, -0.2) is 4.39 Å². The van der Waals surface area contributed by atoms with Crippen LogP contribution in [-0.4, -0.2) is 6.04 Å². The van der Waals surface area contributed by atoms with Crippen molar-refractivity contribution in [3.05, 3.63) is 34.6 Å². The van der Waals surface area contributed by atoms with Crippen LogP contribution >= 0.6 is 11.6 Å². The molecule has 0 aliphatic carbocycles. The molecule has 1 aromatic rings. The highest BCUT2D eigenvalue weighted by atomic mass is 35.5. The highest BCUT2D eigenvalue weighted by Gasteiger charge is 2.02. The quantitative estimate of drug-likeness (QED) is 0.756. The molecule has 0 radical (unpaired) electrons. The lowest BCUT2D eigenvalue weighted by molar-refractivity contribution is 0.623. The van der Waals surface area contributed by atoms with Crippen LogP contribution in [0.15, 0.2) is 18.2 Å². The van der Waals surface area contributed by atoms with E-state index >= 15 is 0 Å². The van der Waals surface area contributed by atoms with E-state index in [1.807, 2.05) is 6.92 Å². The molecule has 1 nitrogen and oxygen atoms in total. The summed E-state index contributed by atoms with van der Waals surface area (Å²) in [5, 5.41) is 0.156. The molecule has 0 spiro atoms. The molecule has 0 saturated carbocycles. The average Bonchev–Trinajstić information content (AvgIpc) is 1.96. The van der Waals surface area contributed by atoms with Crippen molar-refractivity contribution in [2.75, 3.05) is 0 Å². The predicted molar refractivity (Wildman–Crippen MR) is 48.8 cm³/mol. The SMILES string of the molecule is C[C@H](N)Cc1ccc(Cl)c(F)c1. The summed E-state index contributed by atoms with van der Waals surface area (Å²) in [7, 11) is 0. The van der Waals surface area contributed by atoms with Gasteiger partial charge in [-0.05, 0) is 31.0 Å². The summed E-state index contributed by atoms with van der Waals surface area (Å²) in [6.45, 7) is 1.88. The molecule has 0 amide bonds. The van der Waals surface area contributed by atoms with Gasteiger partial charge in [0.25, 0.3) is 0 Å². The Kier molecular flexibility index (Phi) is 3.06. The zero-order chi connectivity index (χ0) is 9.14. The average molecular weight is 188 g/mol. The maximum atomic E-state index is 12.9. The topological polar surface area (TPSA) is 26.0 Å². The van der Waals surface area contributed by atoms with Gasteiger partial charge in [0.2, 0.25) is 0 Å². The first kappa shape index (κ1) is 9.49. The molecular formula is C9H11ClFN. The van der Waals surface area contributed by atoms with E-state index in [0.717, 1.165) is 5.56 Å². The molecule has 0 aliphatic rings. The Morgan fingerprint density at radius 3 is 2.75 bits per heavy atom. The molecule has 0 heterocycles. The number of rotatable bonds is 2. The summed E-state index contributed by atoms with van der Waals surface area (Å²) in [4.78, 5) is 0. The Labute approximate surface area is 76.3 Å². The van der Waals surface area contributed by atoms with E-state index in [2.05, 4.69) is 0 Å². The van der Waals surface area contributed by atoms with E-state index in [1.165, 1.54) is 6.07 Å². The van der Waals surface area contributed by atoms with Gasteiger partial charge in [0.1, 0.15) is 5.82 Å². The molecule has 3 heteroatoms. The lowest BCUT2D eigenvalue weighted by Crippen LogP contribution is -2.17. The van der Waals surface area contributed by atoms with Crippen molar-refractivity contribution in [2.24, 2.45) is 5.73 Å². The molecule has 0 aliphatic heterocycles. The monoisotopic (exact) mass is 187 g/mol. The summed E-state index contributed by atoms with van der Waals surface area (Å²) in [5.41, 5.74) is 6.44. The second kappa shape index (κ2) is 3.87. The largest absolute Gasteiger partial charge is 0.328 e. The Morgan fingerprint density at radius 2 is 2.25 bits per heavy atom. The summed E-state index contributed by atoms with van der Waals surface area (Å²) < 4.78 is 12.9. The van der Waals surface area contributed by atoms with Crippen molar-refractivity contribution >= 4 is 11.6 Å². The van der Waals surface area contributed by atoms with Gasteiger partial charge in [0, 0.05) is 6.04 Å². The van der Waals surface area contributed by atoms with E-state index < -0.39 is 0 Å². The molecular weight excluding hydrogens is 177 g/mol. The number of halogens is 2. The van der Waals surface area contributed by atoms with Crippen molar-refractivity contribution in [3.63, 3.8) is 0 Å². The molecule has 1 aromatic carbocycles. The van der Waals surface area contributed by atoms with Crippen molar-refractivity contribution in [1.82, 2.24) is 0 Å². The minimum Gasteiger partial charge on any atom is -0.328 e. The molecule has 1 rings (SSSR count). The fraction of sp³-hybridized carbons (Fsp3) is 0.333. The van der Waals surface area contributed by atoms with Crippen LogP contribution in [0.2, 0.25) is 5.02 Å². The van der Waals surface area contributed by atoms with Gasteiger partial charge in [-0.15, -0.1) is 0 Å². The van der Waals surface area contributed by atoms with Gasteiger partial charge in [0.15, 0.2) is 0 Å². The standard InChI is InChI=1S/C9H11ClFN/c1-6(12)4-7-2-3-8(10)9(11)5-7/h2-3,5-6H,4,12H2,1H3/t6-/m0/s1. The summed E-state index contributed by atoms with van der Waals surface area (Å²) in [6.07, 6.45) is 0.675. The molecule has 0 bridgehead atoms. The van der Waals surface area contributed by atoms with Crippen molar-refractivity contribution < 1.29 is 4.39 Å². The minimum absolute atomic E-state index is 0.0468. The van der Waals surface area contributed by atoms with Gasteiger partial charge < -0.3 is 5.73 Å². The zero-order valence-corrected chi connectivity index (χ0v) is 7.61. The highest BCUT2D eigenvalue weighted by molar-refractivity contribution is 6.30. The Hall–Kier alpha value is -0.600. The molecule has 0 unspecified atom stereocenters. The third-order valence-electron chi connectivity index (χ3n) is 1.54. The van der Waals surface area contributed by atoms with E-state index in [4.69, 9.17) is 17.3 Å². The first-order chi connectivity index (χ1) is 5.59. The van der Waals surface area contributed by atoms with Gasteiger partial charge in [-0.1, -0.05) is 17.7 Å². The number of hydrogen-bond acceptors (Lipinski definition) is 1. The lowest BCUT2D eigenvalue weighted by Gasteiger charge is -2.05. The first-order valence-corrected chi connectivity index (χ1v) is 4.17. The maximum absolute atomic E-state index is 12.9. The Balaban J connectivity index is 2.82. The molecule has 1 atom stereocenters. The molecule has 0 saturated heterocycles. The molecule has 0 fully saturated rings. The van der Waals surface area contributed by atoms with Crippen molar-refractivity contribution in [3.8, 4) is 0 Å². The van der Waals surface area contributed by atoms with Crippen LogP contribution in [0.5, 0.6) is 0 Å². The highest BCUT2D eigenvalue weighted by Crippen LogP contribution is 2.16. The fourth-order valence-electron chi connectivity index (χ4n) is 1.04. The summed E-state index contributed by atoms with van der Waals surface area (Å²) in [6, 6.07) is 4.81. The predicted octanol–water partition coefficient (Wildman–Crippen LogP) is 2.37. The van der Waals surface area contributed by atoms with E-state index in [-0.39, 0.29) is 16.9 Å². The van der Waals surface area contributed by atoms with Crippen LogP contribution < -0.4 is 5.73 Å². The maximum Gasteiger partial charge on any atom is 0.142 e. The van der Waals surface area contributed by atoms with Crippen LogP contribution in [0.1, 0.15) is 12.5 Å². The fourth-order valence-corrected chi connectivity index (χ4v) is 1.16. The van der Waals surface area contributed by atoms with Crippen molar-refractivity contribution in [2.45, 2.75) is 19.4 Å². The van der Waals surface area contributed by atoms with Gasteiger partial charge >= 0.3 is 0 Å². The third-order valence-corrected chi connectivity index (χ3v) is 1.85. The summed E-state index contributed by atoms with van der Waals surface area (Å²) >= 11 is 5.51. The molecule has 0 aromatic heterocycles. The second-order valence-electron chi connectivity index (χ2n) is 2.93. The van der Waals surface area contributed by atoms with Gasteiger partial charge in [0.05, 0.1) is 5.02 Å². The van der Waals surface area contributed by atoms with E-state index in [1.54, 1.807) is 12.1 Å². The normalized spacial score (nSPS) is 13.0. The number of hydrogen-bond donors (Lipinski definition) is 1. The van der Waals surface area contributed by atoms with E-state index in [0.29, 0.717) is 6.42 Å². The van der Waals surface area contributed by atoms with Crippen LogP contribution in [0.3, 0.4) is 0 Å². The second-order valence-corrected chi connectivity index (χ2v) is 3.34. The Morgan fingerprint density at radius 1 is 1.58 bits per heavy atom. The van der Waals surface area contributed by atoms with Gasteiger partial charge in [-0.3, -0.25) is 0 Å². The van der Waals surface area contributed by atoms with Gasteiger partial charge in [-0.2, -0.15) is 0 Å².